The van der Waals surface area contributed by atoms with Gasteiger partial charge in [-0.3, -0.25) is 4.79 Å². The van der Waals surface area contributed by atoms with Crippen LogP contribution in [0.15, 0.2) is 18.2 Å². The lowest BCUT2D eigenvalue weighted by Crippen LogP contribution is -2.22. The van der Waals surface area contributed by atoms with Crippen LogP contribution in [0, 0.1) is 5.92 Å². The minimum absolute atomic E-state index is 0.0974. The molecular formula is C16H22O3S. The molecule has 4 heteroatoms. The van der Waals surface area contributed by atoms with Crippen LogP contribution >= 0.6 is 0 Å². The van der Waals surface area contributed by atoms with Crippen molar-refractivity contribution in [1.82, 2.24) is 0 Å². The molecule has 1 aliphatic carbocycles. The number of hydrogen-bond acceptors (Lipinski definition) is 3. The highest BCUT2D eigenvalue weighted by Gasteiger charge is 2.21. The molecule has 0 aromatic heterocycles. The Balaban J connectivity index is 2.08. The lowest BCUT2D eigenvalue weighted by atomic mass is 10.0. The maximum absolute atomic E-state index is 12.2. The van der Waals surface area contributed by atoms with Crippen molar-refractivity contribution >= 4 is 15.6 Å². The maximum atomic E-state index is 12.2. The largest absolute Gasteiger partial charge is 0.293 e. The zero-order chi connectivity index (χ0) is 14.8. The van der Waals surface area contributed by atoms with Crippen LogP contribution in [0.4, 0.5) is 0 Å². The van der Waals surface area contributed by atoms with Gasteiger partial charge in [0.15, 0.2) is 15.6 Å². The normalized spacial score (nSPS) is 15.9. The fourth-order valence-corrected chi connectivity index (χ4v) is 4.43. The van der Waals surface area contributed by atoms with Gasteiger partial charge >= 0.3 is 0 Å². The Morgan fingerprint density at radius 1 is 1.25 bits per heavy atom. The smallest absolute Gasteiger partial charge is 0.177 e. The van der Waals surface area contributed by atoms with Gasteiger partial charge in [0.2, 0.25) is 0 Å². The number of aryl methyl sites for hydroxylation is 2. The van der Waals surface area contributed by atoms with Crippen molar-refractivity contribution < 1.29 is 13.2 Å². The molecule has 1 aromatic rings. The van der Waals surface area contributed by atoms with Gasteiger partial charge in [-0.1, -0.05) is 32.4 Å². The van der Waals surface area contributed by atoms with E-state index < -0.39 is 9.84 Å². The van der Waals surface area contributed by atoms with Crippen molar-refractivity contribution in [2.45, 2.75) is 39.5 Å². The van der Waals surface area contributed by atoms with Crippen molar-refractivity contribution in [3.63, 3.8) is 0 Å². The van der Waals surface area contributed by atoms with Crippen LogP contribution in [0.5, 0.6) is 0 Å². The summed E-state index contributed by atoms with van der Waals surface area (Å²) in [4.78, 5) is 12.2. The van der Waals surface area contributed by atoms with Gasteiger partial charge in [0.1, 0.15) is 5.75 Å². The third-order valence-corrected chi connectivity index (χ3v) is 5.79. The summed E-state index contributed by atoms with van der Waals surface area (Å²) in [7, 11) is -3.30. The first kappa shape index (κ1) is 15.2. The Bertz CT molecular complexity index is 602. The zero-order valence-corrected chi connectivity index (χ0v) is 13.0. The summed E-state index contributed by atoms with van der Waals surface area (Å²) in [5, 5.41) is 0. The lowest BCUT2D eigenvalue weighted by molar-refractivity contribution is 0.102. The molecule has 3 nitrogen and oxygen atoms in total. The molecular weight excluding hydrogens is 272 g/mol. The predicted molar refractivity (Wildman–Crippen MR) is 80.9 cm³/mol. The van der Waals surface area contributed by atoms with Crippen molar-refractivity contribution in [3.8, 4) is 0 Å². The molecule has 0 saturated heterocycles. The molecule has 0 radical (unpaired) electrons. The average molecular weight is 294 g/mol. The van der Waals surface area contributed by atoms with E-state index in [4.69, 9.17) is 0 Å². The van der Waals surface area contributed by atoms with E-state index >= 15 is 0 Å². The Labute approximate surface area is 121 Å². The molecule has 0 saturated carbocycles. The van der Waals surface area contributed by atoms with Crippen LogP contribution in [0.1, 0.15) is 48.2 Å². The van der Waals surface area contributed by atoms with E-state index in [-0.39, 0.29) is 23.2 Å². The molecule has 20 heavy (non-hydrogen) atoms. The molecule has 0 N–H and O–H groups in total. The first-order chi connectivity index (χ1) is 9.41. The molecule has 1 atom stereocenters. The third kappa shape index (κ3) is 3.69. The summed E-state index contributed by atoms with van der Waals surface area (Å²) < 4.78 is 24.0. The van der Waals surface area contributed by atoms with Crippen LogP contribution in [0.2, 0.25) is 0 Å². The predicted octanol–water partition coefficient (Wildman–Crippen LogP) is 2.82. The Morgan fingerprint density at radius 2 is 1.95 bits per heavy atom. The number of sulfone groups is 1. The van der Waals surface area contributed by atoms with E-state index in [1.807, 2.05) is 26.0 Å². The van der Waals surface area contributed by atoms with Gasteiger partial charge in [-0.05, 0) is 42.4 Å². The molecule has 0 aliphatic heterocycles. The Kier molecular flexibility index (Phi) is 4.63. The number of hydrogen-bond donors (Lipinski definition) is 0. The molecule has 110 valence electrons. The summed E-state index contributed by atoms with van der Waals surface area (Å²) in [6.45, 7) is 3.86. The van der Waals surface area contributed by atoms with Gasteiger partial charge < -0.3 is 0 Å². The lowest BCUT2D eigenvalue weighted by Gasteiger charge is -2.09. The minimum Gasteiger partial charge on any atom is -0.293 e. The molecule has 1 aliphatic rings. The first-order valence-electron chi connectivity index (χ1n) is 7.26. The molecule has 0 spiro atoms. The SMILES string of the molecule is CCC(C)CS(=O)(=O)CC(=O)c1ccc2c(c1)CCC2. The van der Waals surface area contributed by atoms with E-state index in [1.54, 1.807) is 6.07 Å². The van der Waals surface area contributed by atoms with Gasteiger partial charge in [-0.25, -0.2) is 8.42 Å². The summed E-state index contributed by atoms with van der Waals surface area (Å²) in [6.07, 6.45) is 4.00. The quantitative estimate of drug-likeness (QED) is 0.758. The van der Waals surface area contributed by atoms with E-state index in [1.165, 1.54) is 11.1 Å². The molecule has 0 amide bonds. The maximum Gasteiger partial charge on any atom is 0.177 e. The van der Waals surface area contributed by atoms with E-state index in [0.29, 0.717) is 5.56 Å². The van der Waals surface area contributed by atoms with Crippen molar-refractivity contribution in [3.05, 3.63) is 34.9 Å². The molecule has 0 bridgehead atoms. The second kappa shape index (κ2) is 6.08. The number of benzene rings is 1. The summed E-state index contributed by atoms with van der Waals surface area (Å²) in [6, 6.07) is 5.62. The molecule has 0 fully saturated rings. The van der Waals surface area contributed by atoms with Gasteiger partial charge in [-0.15, -0.1) is 0 Å². The van der Waals surface area contributed by atoms with Gasteiger partial charge in [-0.2, -0.15) is 0 Å². The third-order valence-electron chi connectivity index (χ3n) is 4.01. The number of fused-ring (bicyclic) bond motifs is 1. The van der Waals surface area contributed by atoms with Crippen molar-refractivity contribution in [2.24, 2.45) is 5.92 Å². The first-order valence-corrected chi connectivity index (χ1v) is 9.09. The number of ketones is 1. The van der Waals surface area contributed by atoms with Crippen LogP contribution in [-0.4, -0.2) is 25.7 Å². The number of Topliss-reactive ketones (excluding diaryl/α,β-unsaturated/α-hetero) is 1. The van der Waals surface area contributed by atoms with Gasteiger partial charge in [0.25, 0.3) is 0 Å². The monoisotopic (exact) mass is 294 g/mol. The van der Waals surface area contributed by atoms with E-state index in [0.717, 1.165) is 25.7 Å². The van der Waals surface area contributed by atoms with Crippen LogP contribution in [-0.2, 0) is 22.7 Å². The zero-order valence-electron chi connectivity index (χ0n) is 12.2. The highest BCUT2D eigenvalue weighted by Crippen LogP contribution is 2.23. The number of carbonyl (C=O) groups is 1. The van der Waals surface area contributed by atoms with E-state index in [9.17, 15) is 13.2 Å². The van der Waals surface area contributed by atoms with Crippen molar-refractivity contribution in [1.29, 1.82) is 0 Å². The second-order valence-electron chi connectivity index (χ2n) is 5.83. The molecule has 1 unspecified atom stereocenters. The van der Waals surface area contributed by atoms with Crippen LogP contribution in [0.3, 0.4) is 0 Å². The molecule has 1 aromatic carbocycles. The van der Waals surface area contributed by atoms with Gasteiger partial charge in [0, 0.05) is 5.56 Å². The average Bonchev–Trinajstić information content (AvgIpc) is 2.84. The molecule has 0 heterocycles. The number of rotatable bonds is 6. The Morgan fingerprint density at radius 3 is 2.65 bits per heavy atom. The topological polar surface area (TPSA) is 51.2 Å². The fraction of sp³-hybridized carbons (Fsp3) is 0.562. The second-order valence-corrected chi connectivity index (χ2v) is 7.94. The highest BCUT2D eigenvalue weighted by atomic mass is 32.2. The van der Waals surface area contributed by atoms with Crippen molar-refractivity contribution in [2.75, 3.05) is 11.5 Å². The fourth-order valence-electron chi connectivity index (χ4n) is 2.64. The minimum atomic E-state index is -3.30. The van der Waals surface area contributed by atoms with E-state index in [2.05, 4.69) is 0 Å². The number of carbonyl (C=O) groups excluding carboxylic acids is 1. The summed E-state index contributed by atoms with van der Waals surface area (Å²) >= 11 is 0. The van der Waals surface area contributed by atoms with Crippen LogP contribution < -0.4 is 0 Å². The Hall–Kier alpha value is -1.16. The summed E-state index contributed by atoms with van der Waals surface area (Å²) in [5.74, 6) is -0.438. The van der Waals surface area contributed by atoms with Crippen LogP contribution in [0.25, 0.3) is 0 Å². The highest BCUT2D eigenvalue weighted by molar-refractivity contribution is 7.92. The standard InChI is InChI=1S/C16H22O3S/c1-3-12(2)10-20(18,19)11-16(17)15-8-7-13-5-4-6-14(13)9-15/h7-9,12H,3-6,10-11H2,1-2H3. The summed E-state index contributed by atoms with van der Waals surface area (Å²) in [5.41, 5.74) is 3.04. The molecule has 2 rings (SSSR count). The van der Waals surface area contributed by atoms with Gasteiger partial charge in [0.05, 0.1) is 5.75 Å².